The van der Waals surface area contributed by atoms with Crippen molar-refractivity contribution >= 4 is 66.3 Å². The molecule has 5 aromatic rings. The van der Waals surface area contributed by atoms with Gasteiger partial charge in [-0.15, -0.1) is 0 Å². The Morgan fingerprint density at radius 1 is 0.778 bits per heavy atom. The van der Waals surface area contributed by atoms with Crippen molar-refractivity contribution in [2.24, 2.45) is 5.92 Å². The maximum absolute atomic E-state index is 13.4. The van der Waals surface area contributed by atoms with Crippen molar-refractivity contribution in [3.63, 3.8) is 0 Å². The highest BCUT2D eigenvalue weighted by Gasteiger charge is 2.26. The molecule has 4 aromatic carbocycles. The van der Waals surface area contributed by atoms with Gasteiger partial charge in [0.25, 0.3) is 0 Å². The van der Waals surface area contributed by atoms with Crippen molar-refractivity contribution in [2.45, 2.75) is 44.7 Å². The Morgan fingerprint density at radius 2 is 1.42 bits per heavy atom. The Labute approximate surface area is 260 Å². The molecule has 0 fully saturated rings. The minimum atomic E-state index is -3.94. The van der Waals surface area contributed by atoms with Crippen LogP contribution < -0.4 is 20.7 Å². The second-order valence-corrected chi connectivity index (χ2v) is 12.9. The monoisotopic (exact) mass is 626 g/mol. The zero-order chi connectivity index (χ0) is 32.3. The Hall–Kier alpha value is -4.94. The third-order valence-electron chi connectivity index (χ3n) is 7.34. The van der Waals surface area contributed by atoms with E-state index in [0.717, 1.165) is 32.9 Å². The van der Waals surface area contributed by atoms with Crippen LogP contribution in [0.2, 0.25) is 0 Å². The summed E-state index contributed by atoms with van der Waals surface area (Å²) >= 11 is 0. The molecule has 0 spiro atoms. The summed E-state index contributed by atoms with van der Waals surface area (Å²) in [6, 6.07) is 21.1. The van der Waals surface area contributed by atoms with Crippen LogP contribution in [0.15, 0.2) is 83.8 Å². The van der Waals surface area contributed by atoms with Crippen molar-refractivity contribution < 1.29 is 22.8 Å². The number of hydrogen-bond acceptors (Lipinski definition) is 7. The molecule has 0 aliphatic heterocycles. The van der Waals surface area contributed by atoms with Crippen LogP contribution in [0.5, 0.6) is 0 Å². The maximum Gasteiger partial charge on any atom is 0.247 e. The topological polar surface area (TPSA) is 159 Å². The standard InChI is InChI=1S/C33H34N6O5S/c1-19(2)31(38-30(40)18-34-32(41)21(4)39-45(43,44)23-14-12-20(3)13-15-23)33(42)37-25-11-7-8-22-16-28-29(17-24(22)25)36-27-10-6-5-9-26(27)35-28/h5-17,19,21,31,39H,18H2,1-4H3,(H,34,41)(H,37,42)(H,38,40)/t21-,31-/m0/s1. The second kappa shape index (κ2) is 13.0. The van der Waals surface area contributed by atoms with E-state index in [1.54, 1.807) is 32.0 Å². The lowest BCUT2D eigenvalue weighted by Crippen LogP contribution is -2.52. The van der Waals surface area contributed by atoms with Gasteiger partial charge in [0, 0.05) is 11.1 Å². The number of benzene rings is 4. The number of fused-ring (bicyclic) bond motifs is 3. The first kappa shape index (κ1) is 31.5. The van der Waals surface area contributed by atoms with Crippen molar-refractivity contribution in [1.29, 1.82) is 0 Å². The van der Waals surface area contributed by atoms with Crippen LogP contribution in [0.3, 0.4) is 0 Å². The highest BCUT2D eigenvalue weighted by Crippen LogP contribution is 2.28. The van der Waals surface area contributed by atoms with E-state index in [9.17, 15) is 22.8 Å². The zero-order valence-corrected chi connectivity index (χ0v) is 26.1. The van der Waals surface area contributed by atoms with Crippen LogP contribution >= 0.6 is 0 Å². The number of sulfonamides is 1. The van der Waals surface area contributed by atoms with Crippen LogP contribution in [0, 0.1) is 12.8 Å². The third kappa shape index (κ3) is 7.24. The average molecular weight is 627 g/mol. The predicted octanol–water partition coefficient (Wildman–Crippen LogP) is 3.81. The van der Waals surface area contributed by atoms with E-state index in [-0.39, 0.29) is 10.8 Å². The van der Waals surface area contributed by atoms with E-state index in [0.29, 0.717) is 11.2 Å². The minimum absolute atomic E-state index is 0.0251. The smallest absolute Gasteiger partial charge is 0.247 e. The predicted molar refractivity (Wildman–Crippen MR) is 174 cm³/mol. The first-order valence-corrected chi connectivity index (χ1v) is 16.0. The van der Waals surface area contributed by atoms with Gasteiger partial charge in [-0.05, 0) is 67.6 Å². The molecule has 2 atom stereocenters. The lowest BCUT2D eigenvalue weighted by molar-refractivity contribution is -0.129. The summed E-state index contributed by atoms with van der Waals surface area (Å²) in [5.41, 5.74) is 4.42. The Balaban J connectivity index is 1.23. The average Bonchev–Trinajstić information content (AvgIpc) is 3.00. The lowest BCUT2D eigenvalue weighted by atomic mass is 10.0. The van der Waals surface area contributed by atoms with Gasteiger partial charge >= 0.3 is 0 Å². The van der Waals surface area contributed by atoms with Crippen molar-refractivity contribution in [2.75, 3.05) is 11.9 Å². The van der Waals surface area contributed by atoms with Gasteiger partial charge in [-0.3, -0.25) is 14.4 Å². The number of para-hydroxylation sites is 2. The molecule has 4 N–H and O–H groups in total. The quantitative estimate of drug-likeness (QED) is 0.172. The minimum Gasteiger partial charge on any atom is -0.346 e. The molecule has 0 aliphatic carbocycles. The van der Waals surface area contributed by atoms with Gasteiger partial charge < -0.3 is 16.0 Å². The van der Waals surface area contributed by atoms with Gasteiger partial charge in [-0.25, -0.2) is 18.4 Å². The van der Waals surface area contributed by atoms with Gasteiger partial charge in [0.1, 0.15) is 6.04 Å². The van der Waals surface area contributed by atoms with Crippen LogP contribution in [0.4, 0.5) is 5.69 Å². The molecule has 1 heterocycles. The van der Waals surface area contributed by atoms with Crippen LogP contribution in [-0.4, -0.2) is 54.7 Å². The molecule has 0 radical (unpaired) electrons. The van der Waals surface area contributed by atoms with Gasteiger partial charge in [0.15, 0.2) is 0 Å². The molecule has 0 saturated heterocycles. The molecular formula is C33H34N6O5S. The largest absolute Gasteiger partial charge is 0.346 e. The number of anilines is 1. The number of amides is 3. The van der Waals surface area contributed by atoms with E-state index >= 15 is 0 Å². The molecule has 232 valence electrons. The zero-order valence-electron chi connectivity index (χ0n) is 25.3. The van der Waals surface area contributed by atoms with E-state index in [1.165, 1.54) is 19.1 Å². The molecule has 11 nitrogen and oxygen atoms in total. The number of nitrogens with zero attached hydrogens (tertiary/aromatic N) is 2. The van der Waals surface area contributed by atoms with Gasteiger partial charge in [0.2, 0.25) is 27.7 Å². The molecule has 3 amide bonds. The number of carbonyl (C=O) groups excluding carboxylic acids is 3. The Bertz CT molecular complexity index is 2030. The maximum atomic E-state index is 13.4. The molecule has 0 saturated carbocycles. The molecule has 0 bridgehead atoms. The van der Waals surface area contributed by atoms with E-state index in [2.05, 4.69) is 20.7 Å². The summed E-state index contributed by atoms with van der Waals surface area (Å²) < 4.78 is 27.5. The molecule has 5 rings (SSSR count). The van der Waals surface area contributed by atoms with Gasteiger partial charge in [-0.1, -0.05) is 55.8 Å². The number of hydrogen-bond donors (Lipinski definition) is 4. The van der Waals surface area contributed by atoms with Crippen LogP contribution in [0.25, 0.3) is 32.8 Å². The highest BCUT2D eigenvalue weighted by molar-refractivity contribution is 7.89. The van der Waals surface area contributed by atoms with Crippen molar-refractivity contribution in [3.8, 4) is 0 Å². The lowest BCUT2D eigenvalue weighted by Gasteiger charge is -2.22. The third-order valence-corrected chi connectivity index (χ3v) is 8.90. The number of carbonyl (C=O) groups is 3. The first-order chi connectivity index (χ1) is 21.4. The normalized spacial score (nSPS) is 13.1. The highest BCUT2D eigenvalue weighted by atomic mass is 32.2. The van der Waals surface area contributed by atoms with Crippen LogP contribution in [0.1, 0.15) is 26.3 Å². The number of rotatable bonds is 10. The molecule has 12 heteroatoms. The Kier molecular flexibility index (Phi) is 9.07. The fourth-order valence-electron chi connectivity index (χ4n) is 4.86. The summed E-state index contributed by atoms with van der Waals surface area (Å²) in [5.74, 6) is -2.00. The number of aromatic nitrogens is 2. The summed E-state index contributed by atoms with van der Waals surface area (Å²) in [6.07, 6.45) is 0. The van der Waals surface area contributed by atoms with Crippen LogP contribution in [-0.2, 0) is 24.4 Å². The van der Waals surface area contributed by atoms with E-state index in [1.807, 2.05) is 55.5 Å². The van der Waals surface area contributed by atoms with E-state index < -0.39 is 46.4 Å². The summed E-state index contributed by atoms with van der Waals surface area (Å²) in [7, 11) is -3.94. The van der Waals surface area contributed by atoms with Gasteiger partial charge in [0.05, 0.1) is 39.5 Å². The fraction of sp³-hybridized carbons (Fsp3) is 0.242. The number of aryl methyl sites for hydroxylation is 1. The molecule has 1 aromatic heterocycles. The van der Waals surface area contributed by atoms with Crippen molar-refractivity contribution in [1.82, 2.24) is 25.3 Å². The first-order valence-electron chi connectivity index (χ1n) is 14.5. The molecule has 45 heavy (non-hydrogen) atoms. The molecular weight excluding hydrogens is 592 g/mol. The van der Waals surface area contributed by atoms with Gasteiger partial charge in [-0.2, -0.15) is 4.72 Å². The summed E-state index contributed by atoms with van der Waals surface area (Å²) in [6.45, 7) is 6.36. The number of nitrogens with one attached hydrogen (secondary N) is 4. The SMILES string of the molecule is Cc1ccc(S(=O)(=O)N[C@@H](C)C(=O)NCC(=O)N[C@H](C(=O)Nc2cccc3cc4nc5ccccc5nc4cc23)C(C)C)cc1. The van der Waals surface area contributed by atoms with E-state index in [4.69, 9.17) is 9.97 Å². The van der Waals surface area contributed by atoms with Crippen molar-refractivity contribution in [3.05, 3.63) is 84.4 Å². The fourth-order valence-corrected chi connectivity index (χ4v) is 6.07. The summed E-state index contributed by atoms with van der Waals surface area (Å²) in [5, 5.41) is 9.68. The molecule has 0 unspecified atom stereocenters. The second-order valence-electron chi connectivity index (χ2n) is 11.2. The Morgan fingerprint density at radius 3 is 2.07 bits per heavy atom. The summed E-state index contributed by atoms with van der Waals surface area (Å²) in [4.78, 5) is 48.3. The molecule has 0 aliphatic rings.